The Morgan fingerprint density at radius 1 is 1.50 bits per heavy atom. The van der Waals surface area contributed by atoms with E-state index in [1.54, 1.807) is 0 Å². The molecule has 2 aliphatic rings. The van der Waals surface area contributed by atoms with Gasteiger partial charge in [-0.3, -0.25) is 9.89 Å². The first-order valence-corrected chi connectivity index (χ1v) is 6.58. The number of likely N-dealkylation sites (tertiary alicyclic amines) is 1. The van der Waals surface area contributed by atoms with E-state index in [0.29, 0.717) is 5.56 Å². The molecule has 1 aliphatic heterocycles. The lowest BCUT2D eigenvalue weighted by atomic mass is 10.1. The number of hydrogen-bond acceptors (Lipinski definition) is 3. The van der Waals surface area contributed by atoms with E-state index in [2.05, 4.69) is 10.2 Å². The minimum Gasteiger partial charge on any atom is -0.388 e. The van der Waals surface area contributed by atoms with Crippen molar-refractivity contribution in [3.05, 3.63) is 17.0 Å². The van der Waals surface area contributed by atoms with Crippen molar-refractivity contribution in [3.63, 3.8) is 0 Å². The Bertz CT molecular complexity index is 471. The second-order valence-corrected chi connectivity index (χ2v) is 5.57. The van der Waals surface area contributed by atoms with Gasteiger partial charge in [0.25, 0.3) is 5.91 Å². The lowest BCUT2D eigenvalue weighted by Crippen LogP contribution is -2.44. The van der Waals surface area contributed by atoms with Gasteiger partial charge >= 0.3 is 0 Å². The van der Waals surface area contributed by atoms with Crippen molar-refractivity contribution in [1.29, 1.82) is 0 Å². The number of amides is 1. The maximum absolute atomic E-state index is 12.6. The molecule has 1 saturated heterocycles. The Balaban J connectivity index is 1.88. The van der Waals surface area contributed by atoms with Crippen LogP contribution in [-0.2, 0) is 0 Å². The highest BCUT2D eigenvalue weighted by Crippen LogP contribution is 2.45. The fourth-order valence-corrected chi connectivity index (χ4v) is 3.04. The van der Waals surface area contributed by atoms with Gasteiger partial charge in [0.15, 0.2) is 0 Å². The molecule has 2 fully saturated rings. The number of aromatic amines is 1. The fourth-order valence-electron chi connectivity index (χ4n) is 3.04. The predicted octanol–water partition coefficient (Wildman–Crippen LogP) is 1.16. The molecular formula is C13H19N3O2. The summed E-state index contributed by atoms with van der Waals surface area (Å²) in [6, 6.07) is -0.00120. The van der Waals surface area contributed by atoms with Crippen molar-refractivity contribution in [1.82, 2.24) is 15.1 Å². The average molecular weight is 249 g/mol. The summed E-state index contributed by atoms with van der Waals surface area (Å²) in [5.41, 5.74) is 1.61. The molecule has 0 aromatic carbocycles. The van der Waals surface area contributed by atoms with Crippen LogP contribution in [0.3, 0.4) is 0 Å². The zero-order chi connectivity index (χ0) is 12.9. The van der Waals surface area contributed by atoms with Gasteiger partial charge in [-0.15, -0.1) is 0 Å². The third-order valence-electron chi connectivity index (χ3n) is 4.24. The maximum Gasteiger partial charge on any atom is 0.257 e. The standard InChI is InChI=1S/C13H19N3O2/c1-8-11(9(2)15-14-8)12(17)16-7-3-4-10(16)13(18)5-6-13/h10,18H,3-7H2,1-2H3,(H,14,15). The van der Waals surface area contributed by atoms with E-state index in [-0.39, 0.29) is 11.9 Å². The van der Waals surface area contributed by atoms with Crippen molar-refractivity contribution in [2.45, 2.75) is 51.2 Å². The summed E-state index contributed by atoms with van der Waals surface area (Å²) in [5.74, 6) is 0.0153. The van der Waals surface area contributed by atoms with Crippen LogP contribution in [0.2, 0.25) is 0 Å². The summed E-state index contributed by atoms with van der Waals surface area (Å²) in [6.45, 7) is 4.45. The summed E-state index contributed by atoms with van der Waals surface area (Å²) in [5, 5.41) is 17.2. The molecule has 1 aliphatic carbocycles. The maximum atomic E-state index is 12.6. The minimum absolute atomic E-state index is 0.00120. The molecule has 3 rings (SSSR count). The number of aliphatic hydroxyl groups is 1. The van der Waals surface area contributed by atoms with Crippen LogP contribution in [0.1, 0.15) is 47.4 Å². The predicted molar refractivity (Wildman–Crippen MR) is 66.3 cm³/mol. The topological polar surface area (TPSA) is 69.2 Å². The lowest BCUT2D eigenvalue weighted by molar-refractivity contribution is 0.0385. The van der Waals surface area contributed by atoms with Crippen molar-refractivity contribution < 1.29 is 9.90 Å². The summed E-state index contributed by atoms with van der Waals surface area (Å²) in [7, 11) is 0. The highest BCUT2D eigenvalue weighted by molar-refractivity contribution is 5.96. The van der Waals surface area contributed by atoms with Gasteiger partial charge in [0.1, 0.15) is 0 Å². The zero-order valence-electron chi connectivity index (χ0n) is 10.9. The molecule has 1 amide bonds. The zero-order valence-corrected chi connectivity index (χ0v) is 10.9. The normalized spacial score (nSPS) is 25.5. The van der Waals surface area contributed by atoms with E-state index < -0.39 is 5.60 Å². The first kappa shape index (κ1) is 11.7. The monoisotopic (exact) mass is 249 g/mol. The van der Waals surface area contributed by atoms with E-state index in [9.17, 15) is 9.90 Å². The van der Waals surface area contributed by atoms with Gasteiger partial charge in [-0.2, -0.15) is 5.10 Å². The Hall–Kier alpha value is -1.36. The van der Waals surface area contributed by atoms with E-state index in [1.807, 2.05) is 18.7 Å². The molecule has 1 atom stereocenters. The van der Waals surface area contributed by atoms with Gasteiger partial charge in [0.05, 0.1) is 22.9 Å². The number of aromatic nitrogens is 2. The molecule has 0 bridgehead atoms. The number of aryl methyl sites for hydroxylation is 2. The number of H-pyrrole nitrogens is 1. The number of rotatable bonds is 2. The first-order valence-electron chi connectivity index (χ1n) is 6.58. The second kappa shape index (κ2) is 3.82. The Morgan fingerprint density at radius 3 is 2.78 bits per heavy atom. The Morgan fingerprint density at radius 2 is 2.22 bits per heavy atom. The van der Waals surface area contributed by atoms with Crippen LogP contribution in [0.25, 0.3) is 0 Å². The summed E-state index contributed by atoms with van der Waals surface area (Å²) in [4.78, 5) is 14.4. The van der Waals surface area contributed by atoms with Crippen LogP contribution in [0, 0.1) is 13.8 Å². The van der Waals surface area contributed by atoms with Crippen LogP contribution in [-0.4, -0.2) is 44.3 Å². The molecule has 1 aromatic rings. The fraction of sp³-hybridized carbons (Fsp3) is 0.692. The summed E-state index contributed by atoms with van der Waals surface area (Å²) in [6.07, 6.45) is 3.54. The van der Waals surface area contributed by atoms with Crippen molar-refractivity contribution in [2.75, 3.05) is 6.54 Å². The van der Waals surface area contributed by atoms with Crippen LogP contribution in [0.4, 0.5) is 0 Å². The quantitative estimate of drug-likeness (QED) is 0.826. The molecule has 0 spiro atoms. The van der Waals surface area contributed by atoms with Crippen molar-refractivity contribution in [3.8, 4) is 0 Å². The number of nitrogens with one attached hydrogen (secondary N) is 1. The summed E-state index contributed by atoms with van der Waals surface area (Å²) < 4.78 is 0. The largest absolute Gasteiger partial charge is 0.388 e. The second-order valence-electron chi connectivity index (χ2n) is 5.57. The molecule has 0 radical (unpaired) electrons. The number of hydrogen-bond donors (Lipinski definition) is 2. The molecule has 1 unspecified atom stereocenters. The number of carbonyl (C=O) groups excluding carboxylic acids is 1. The van der Waals surface area contributed by atoms with E-state index in [0.717, 1.165) is 43.6 Å². The Labute approximate surface area is 106 Å². The van der Waals surface area contributed by atoms with Gasteiger partial charge in [0.2, 0.25) is 0 Å². The van der Waals surface area contributed by atoms with E-state index in [4.69, 9.17) is 0 Å². The molecule has 5 heteroatoms. The third-order valence-corrected chi connectivity index (χ3v) is 4.24. The number of nitrogens with zero attached hydrogens (tertiary/aromatic N) is 2. The lowest BCUT2D eigenvalue weighted by Gasteiger charge is -2.28. The van der Waals surface area contributed by atoms with Crippen molar-refractivity contribution in [2.24, 2.45) is 0 Å². The minimum atomic E-state index is -0.613. The van der Waals surface area contributed by atoms with Gasteiger partial charge in [-0.25, -0.2) is 0 Å². The molecule has 1 saturated carbocycles. The highest BCUT2D eigenvalue weighted by Gasteiger charge is 2.52. The van der Waals surface area contributed by atoms with Gasteiger partial charge in [0, 0.05) is 12.2 Å². The molecule has 1 aromatic heterocycles. The average Bonchev–Trinajstić information content (AvgIpc) is 2.80. The Kier molecular flexibility index (Phi) is 2.48. The van der Waals surface area contributed by atoms with Gasteiger partial charge < -0.3 is 10.0 Å². The van der Waals surface area contributed by atoms with Crippen LogP contribution in [0.15, 0.2) is 0 Å². The molecule has 98 valence electrons. The number of carbonyl (C=O) groups is 1. The van der Waals surface area contributed by atoms with Crippen molar-refractivity contribution >= 4 is 5.91 Å². The van der Waals surface area contributed by atoms with Crippen LogP contribution < -0.4 is 0 Å². The highest BCUT2D eigenvalue weighted by atomic mass is 16.3. The first-order chi connectivity index (χ1) is 8.53. The molecule has 2 N–H and O–H groups in total. The molecule has 5 nitrogen and oxygen atoms in total. The SMILES string of the molecule is Cc1n[nH]c(C)c1C(=O)N1CCCC1C1(O)CC1. The van der Waals surface area contributed by atoms with Crippen LogP contribution >= 0.6 is 0 Å². The van der Waals surface area contributed by atoms with Gasteiger partial charge in [-0.05, 0) is 39.5 Å². The van der Waals surface area contributed by atoms with Gasteiger partial charge in [-0.1, -0.05) is 0 Å². The van der Waals surface area contributed by atoms with Crippen LogP contribution in [0.5, 0.6) is 0 Å². The third kappa shape index (κ3) is 1.65. The molecule has 18 heavy (non-hydrogen) atoms. The smallest absolute Gasteiger partial charge is 0.257 e. The van der Waals surface area contributed by atoms with E-state index in [1.165, 1.54) is 0 Å². The molecular weight excluding hydrogens is 230 g/mol. The summed E-state index contributed by atoms with van der Waals surface area (Å²) >= 11 is 0. The molecule has 2 heterocycles. The van der Waals surface area contributed by atoms with E-state index >= 15 is 0 Å².